The third-order valence-electron chi connectivity index (χ3n) is 11.6. The topological polar surface area (TPSA) is 168 Å². The summed E-state index contributed by atoms with van der Waals surface area (Å²) < 4.78 is 14.7. The van der Waals surface area contributed by atoms with Gasteiger partial charge in [0, 0.05) is 57.6 Å². The van der Waals surface area contributed by atoms with E-state index in [1.807, 2.05) is 11.1 Å². The number of aromatic amines is 1. The van der Waals surface area contributed by atoms with Crippen LogP contribution in [0.25, 0.3) is 28.0 Å². The van der Waals surface area contributed by atoms with Crippen molar-refractivity contribution >= 4 is 35.3 Å². The molecule has 4 amide bonds. The Bertz CT molecular complexity index is 1960. The largest absolute Gasteiger partial charge is 0.453 e. The molecule has 3 fully saturated rings. The maximum absolute atomic E-state index is 13.7. The molecular weight excluding hydrogens is 715 g/mol. The van der Waals surface area contributed by atoms with Crippen LogP contribution in [0.1, 0.15) is 75.2 Å². The molecule has 3 N–H and O–H groups in total. The molecule has 4 aliphatic rings. The lowest BCUT2D eigenvalue weighted by Crippen LogP contribution is -2.49. The number of carbonyl (C=O) groups excluding carboxylic acids is 4. The fourth-order valence-corrected chi connectivity index (χ4v) is 8.64. The van der Waals surface area contributed by atoms with Crippen LogP contribution in [0.5, 0.6) is 0 Å². The smallest absolute Gasteiger partial charge is 0.407 e. The summed E-state index contributed by atoms with van der Waals surface area (Å²) in [5, 5.41) is 5.52. The molecule has 296 valence electrons. The molecule has 1 aliphatic carbocycles. The minimum atomic E-state index is -0.755. The van der Waals surface area contributed by atoms with Crippen molar-refractivity contribution in [1.82, 2.24) is 30.4 Å². The molecule has 1 aromatic heterocycles. The summed E-state index contributed by atoms with van der Waals surface area (Å²) >= 11 is 0. The minimum absolute atomic E-state index is 0.0206. The Hall–Kier alpha value is -5.50. The molecule has 14 nitrogen and oxygen atoms in total. The zero-order chi connectivity index (χ0) is 39.2. The Morgan fingerprint density at radius 2 is 1.46 bits per heavy atom. The van der Waals surface area contributed by atoms with E-state index in [0.717, 1.165) is 84.2 Å². The van der Waals surface area contributed by atoms with E-state index in [1.54, 1.807) is 18.2 Å². The SMILES string of the molecule is COCC[C@H](NC(=O)OC)C(=O)N1CCC[C@H]1c1ncc(-c2ccc(-c3ccc(C4=CN=C([C@@H]5CCCN5C(=O)C5CCC[C@@H]5NC(=O)OC)C4)cc3)cc2)[nH]1. The Morgan fingerprint density at radius 3 is 2.16 bits per heavy atom. The highest BCUT2D eigenvalue weighted by molar-refractivity contribution is 6.03. The molecule has 14 heteroatoms. The van der Waals surface area contributed by atoms with Crippen molar-refractivity contribution in [3.05, 3.63) is 72.3 Å². The molecule has 0 radical (unpaired) electrons. The summed E-state index contributed by atoms with van der Waals surface area (Å²) in [7, 11) is 4.18. The van der Waals surface area contributed by atoms with Gasteiger partial charge in [-0.15, -0.1) is 0 Å². The summed E-state index contributed by atoms with van der Waals surface area (Å²) in [6.45, 7) is 1.61. The Labute approximate surface area is 327 Å². The van der Waals surface area contributed by atoms with Crippen LogP contribution in [0.3, 0.4) is 0 Å². The van der Waals surface area contributed by atoms with Crippen molar-refractivity contribution in [3.63, 3.8) is 0 Å². The number of methoxy groups -OCH3 is 3. The minimum Gasteiger partial charge on any atom is -0.453 e. The summed E-state index contributed by atoms with van der Waals surface area (Å²) in [5.74, 6) is 0.409. The van der Waals surface area contributed by atoms with Crippen molar-refractivity contribution < 1.29 is 33.4 Å². The number of imidazole rings is 1. The second-order valence-electron chi connectivity index (χ2n) is 14.9. The first-order valence-electron chi connectivity index (χ1n) is 19.6. The summed E-state index contributed by atoms with van der Waals surface area (Å²) in [4.78, 5) is 67.8. The van der Waals surface area contributed by atoms with Crippen molar-refractivity contribution in [2.45, 2.75) is 82.0 Å². The monoisotopic (exact) mass is 765 g/mol. The molecule has 0 spiro atoms. The number of alkyl carbamates (subject to hydrolysis) is 2. The van der Waals surface area contributed by atoms with Crippen molar-refractivity contribution in [1.29, 1.82) is 0 Å². The highest BCUT2D eigenvalue weighted by Crippen LogP contribution is 2.36. The molecule has 1 saturated carbocycles. The van der Waals surface area contributed by atoms with Gasteiger partial charge in [0.25, 0.3) is 0 Å². The lowest BCUT2D eigenvalue weighted by atomic mass is 9.95. The van der Waals surface area contributed by atoms with E-state index < -0.39 is 18.2 Å². The number of benzene rings is 2. The highest BCUT2D eigenvalue weighted by Gasteiger charge is 2.42. The van der Waals surface area contributed by atoms with E-state index in [9.17, 15) is 19.2 Å². The van der Waals surface area contributed by atoms with Gasteiger partial charge in [-0.1, -0.05) is 55.0 Å². The van der Waals surface area contributed by atoms with E-state index in [2.05, 4.69) is 69.1 Å². The number of nitrogens with zero attached hydrogens (tertiary/aromatic N) is 4. The van der Waals surface area contributed by atoms with E-state index >= 15 is 0 Å². The molecule has 4 heterocycles. The molecule has 0 bridgehead atoms. The number of likely N-dealkylation sites (tertiary alicyclic amines) is 2. The Kier molecular flexibility index (Phi) is 12.1. The third-order valence-corrected chi connectivity index (χ3v) is 11.6. The van der Waals surface area contributed by atoms with Crippen LogP contribution in [0.15, 0.2) is 65.9 Å². The van der Waals surface area contributed by atoms with Gasteiger partial charge in [-0.05, 0) is 66.4 Å². The fraction of sp³-hybridized carbons (Fsp3) is 0.476. The van der Waals surface area contributed by atoms with Gasteiger partial charge in [0.2, 0.25) is 11.8 Å². The Morgan fingerprint density at radius 1 is 0.804 bits per heavy atom. The lowest BCUT2D eigenvalue weighted by molar-refractivity contribution is -0.136. The van der Waals surface area contributed by atoms with Gasteiger partial charge in [0.15, 0.2) is 0 Å². The normalized spacial score (nSPS) is 22.4. The number of aliphatic imine (C=N–C) groups is 1. The second kappa shape index (κ2) is 17.5. The Balaban J connectivity index is 0.954. The molecule has 3 aliphatic heterocycles. The quantitative estimate of drug-likeness (QED) is 0.206. The molecule has 1 unspecified atom stereocenters. The molecule has 2 saturated heterocycles. The highest BCUT2D eigenvalue weighted by atomic mass is 16.5. The van der Waals surface area contributed by atoms with Gasteiger partial charge in [0.05, 0.1) is 44.1 Å². The molecule has 5 atom stereocenters. The van der Waals surface area contributed by atoms with Crippen LogP contribution in [-0.4, -0.2) is 109 Å². The molecule has 7 rings (SSSR count). The molecular formula is C42H51N7O7. The molecule has 2 aromatic carbocycles. The zero-order valence-electron chi connectivity index (χ0n) is 32.3. The number of rotatable bonds is 12. The number of nitrogens with one attached hydrogen (secondary N) is 3. The first-order valence-corrected chi connectivity index (χ1v) is 19.6. The average molecular weight is 766 g/mol. The maximum atomic E-state index is 13.7. The number of H-pyrrole nitrogens is 1. The van der Waals surface area contributed by atoms with Gasteiger partial charge >= 0.3 is 12.2 Å². The van der Waals surface area contributed by atoms with Gasteiger partial charge in [0.1, 0.15) is 11.9 Å². The van der Waals surface area contributed by atoms with Crippen LogP contribution in [0, 0.1) is 5.92 Å². The third kappa shape index (κ3) is 8.35. The summed E-state index contributed by atoms with van der Waals surface area (Å²) in [6.07, 6.45) is 9.53. The van der Waals surface area contributed by atoms with E-state index in [1.165, 1.54) is 14.2 Å². The first kappa shape index (κ1) is 38.8. The van der Waals surface area contributed by atoms with Crippen LogP contribution >= 0.6 is 0 Å². The van der Waals surface area contributed by atoms with Crippen molar-refractivity contribution in [2.75, 3.05) is 41.0 Å². The summed E-state index contributed by atoms with van der Waals surface area (Å²) in [5.41, 5.74) is 7.28. The van der Waals surface area contributed by atoms with Crippen LogP contribution in [0.2, 0.25) is 0 Å². The van der Waals surface area contributed by atoms with Crippen molar-refractivity contribution in [3.8, 4) is 22.4 Å². The predicted octanol–water partition coefficient (Wildman–Crippen LogP) is 5.87. The second-order valence-corrected chi connectivity index (χ2v) is 14.9. The number of allylic oxidation sites excluding steroid dienone is 1. The first-order chi connectivity index (χ1) is 27.3. The standard InChI is InChI=1S/C42H51N7O7/c1-54-22-19-33(47-42(53)56-3)40(51)49-21-6-10-37(49)38-44-25-35(45-38)29-17-15-27(16-18-29)26-11-13-28(14-12-26)30-23-34(43-24-30)36-9-5-20-48(36)39(50)31-7-4-8-32(31)46-41(52)55-2/h11-18,24-25,31-33,36-37H,4-10,19-23H2,1-3H3,(H,44,45)(H,46,52)(H,47,53)/t31?,32-,33-,36-,37-/m0/s1. The average Bonchev–Trinajstić information content (AvgIpc) is 4.08. The van der Waals surface area contributed by atoms with E-state index in [4.69, 9.17) is 19.2 Å². The zero-order valence-corrected chi connectivity index (χ0v) is 32.3. The molecule has 56 heavy (non-hydrogen) atoms. The van der Waals surface area contributed by atoms with Gasteiger partial charge < -0.3 is 39.6 Å². The van der Waals surface area contributed by atoms with Crippen LogP contribution in [0.4, 0.5) is 9.59 Å². The number of carbonyl (C=O) groups is 4. The summed E-state index contributed by atoms with van der Waals surface area (Å²) in [6, 6.07) is 15.6. The number of hydrogen-bond donors (Lipinski definition) is 3. The predicted molar refractivity (Wildman–Crippen MR) is 210 cm³/mol. The van der Waals surface area contributed by atoms with E-state index in [0.29, 0.717) is 38.4 Å². The lowest BCUT2D eigenvalue weighted by Gasteiger charge is -2.30. The maximum Gasteiger partial charge on any atom is 0.407 e. The van der Waals surface area contributed by atoms with Crippen molar-refractivity contribution in [2.24, 2.45) is 10.9 Å². The number of amides is 4. The van der Waals surface area contributed by atoms with Crippen LogP contribution in [-0.2, 0) is 23.8 Å². The number of hydrogen-bond acceptors (Lipinski definition) is 9. The van der Waals surface area contributed by atoms with Crippen LogP contribution < -0.4 is 10.6 Å². The van der Waals surface area contributed by atoms with Gasteiger partial charge in [-0.3, -0.25) is 14.6 Å². The van der Waals surface area contributed by atoms with E-state index in [-0.39, 0.29) is 35.9 Å². The van der Waals surface area contributed by atoms with Gasteiger partial charge in [-0.2, -0.15) is 0 Å². The number of ether oxygens (including phenoxy) is 3. The fourth-order valence-electron chi connectivity index (χ4n) is 8.64. The molecule has 3 aromatic rings. The number of aromatic nitrogens is 2. The van der Waals surface area contributed by atoms with Gasteiger partial charge in [-0.25, -0.2) is 14.6 Å².